The molecule has 78 heavy (non-hydrogen) atoms. The quantitative estimate of drug-likeness (QED) is 0.103. The largest absolute Gasteiger partial charge is 0.457 e. The Labute approximate surface area is 481 Å². The maximum Gasteiger partial charge on any atom is 0.266 e. The molecule has 8 aromatic carbocycles. The van der Waals surface area contributed by atoms with E-state index in [2.05, 4.69) is 18.2 Å². The fourth-order valence-electron chi connectivity index (χ4n) is 9.42. The average Bonchev–Trinajstić information content (AvgIpc) is 4.30. The normalized spacial score (nSPS) is 14.7. The maximum atomic E-state index is 13.9. The molecule has 0 unspecified atom stereocenters. The van der Waals surface area contributed by atoms with Crippen molar-refractivity contribution in [1.29, 1.82) is 0 Å². The summed E-state index contributed by atoms with van der Waals surface area (Å²) in [6, 6.07) is 49.9. The molecule has 10 amide bonds. The molecule has 13 rings (SSSR count). The van der Waals surface area contributed by atoms with E-state index in [9.17, 15) is 47.9 Å². The number of fused-ring (bicyclic) bond motifs is 5. The van der Waals surface area contributed by atoms with Crippen molar-refractivity contribution in [3.8, 4) is 23.0 Å². The number of nitrogens with zero attached hydrogens (tertiary/aromatic N) is 5. The van der Waals surface area contributed by atoms with Crippen molar-refractivity contribution in [3.63, 3.8) is 0 Å². The molecule has 0 atom stereocenters. The zero-order valence-electron chi connectivity index (χ0n) is 40.2. The van der Waals surface area contributed by atoms with Crippen molar-refractivity contribution in [2.24, 2.45) is 0 Å². The predicted molar refractivity (Wildman–Crippen MR) is 269 cm³/mol. The van der Waals surface area contributed by atoms with Gasteiger partial charge < -0.3 is 9.47 Å². The number of rotatable bonds is 8. The molecule has 0 spiro atoms. The fraction of sp³-hybridized carbons (Fsp3) is 0.0169. The molecular weight excluding hydrogens is 1240 g/mol. The Kier molecular flexibility index (Phi) is 13.7. The molecule has 375 valence electrons. The fourth-order valence-corrected chi connectivity index (χ4v) is 9.42. The van der Waals surface area contributed by atoms with Crippen molar-refractivity contribution in [3.05, 3.63) is 238 Å². The van der Waals surface area contributed by atoms with Crippen LogP contribution in [0.3, 0.4) is 0 Å². The number of hydrogen-bond donors (Lipinski definition) is 0. The van der Waals surface area contributed by atoms with E-state index in [1.54, 1.807) is 97.1 Å². The van der Waals surface area contributed by atoms with E-state index < -0.39 is 47.3 Å². The summed E-state index contributed by atoms with van der Waals surface area (Å²) in [5, 5.41) is 0. The Morgan fingerprint density at radius 1 is 0.308 bits per heavy atom. The molecule has 8 aromatic rings. The molecule has 5 heterocycles. The number of imide groups is 5. The van der Waals surface area contributed by atoms with Crippen LogP contribution < -0.4 is 29.1 Å². The van der Waals surface area contributed by atoms with Gasteiger partial charge in [-0.3, -0.25) is 62.6 Å². The van der Waals surface area contributed by atoms with E-state index in [1.165, 1.54) is 73.8 Å². The molecule has 1 radical (unpaired) electrons. The van der Waals surface area contributed by atoms with Gasteiger partial charge in [0.1, 0.15) is 23.0 Å². The van der Waals surface area contributed by atoms with Gasteiger partial charge >= 0.3 is 0 Å². The van der Waals surface area contributed by atoms with Crippen LogP contribution in [0.15, 0.2) is 164 Å². The van der Waals surface area contributed by atoms with Gasteiger partial charge in [0, 0.05) is 79.0 Å². The Balaban J connectivity index is 0.000000434. The number of amides is 10. The van der Waals surface area contributed by atoms with E-state index >= 15 is 0 Å². The van der Waals surface area contributed by atoms with Gasteiger partial charge in [-0.25, -0.2) is 9.80 Å². The molecule has 0 aromatic heterocycles. The van der Waals surface area contributed by atoms with Crippen LogP contribution in [-0.2, 0) is 53.8 Å². The van der Waals surface area contributed by atoms with Crippen molar-refractivity contribution >= 4 is 81.8 Å². The van der Waals surface area contributed by atoms with E-state index in [0.29, 0.717) is 39.6 Å². The SMILES string of the molecule is CN1C(=O)c2c[c-]ccc2C1=O.O=C1c2c[c-]ccc2C(=O)N1c1cccc(Oc2cccc(Oc3cccc(N4C(=O)c5ccc(N6C(=O)c7ccc(N8C(=O)c9c[c-]ccc9C8=O)cc7C6=O)cc5C4=O)c3)c2)c1.[W].[Y]. The third kappa shape index (κ3) is 8.58. The van der Waals surface area contributed by atoms with Crippen molar-refractivity contribution in [2.45, 2.75) is 0 Å². The second-order valence-electron chi connectivity index (χ2n) is 17.5. The number of hydrogen-bond acceptors (Lipinski definition) is 12. The van der Waals surface area contributed by atoms with Gasteiger partial charge in [0.25, 0.3) is 23.6 Å². The monoisotopic (exact) mass is 1270 g/mol. The number of ether oxygens (including phenoxy) is 2. The van der Waals surface area contributed by atoms with E-state index in [-0.39, 0.29) is 127 Å². The van der Waals surface area contributed by atoms with Gasteiger partial charge in [-0.05, 0) is 72.8 Å². The molecule has 0 aliphatic carbocycles. The Morgan fingerprint density at radius 3 is 0.962 bits per heavy atom. The molecular formula is C59H30N5O12WY-3. The zero-order chi connectivity index (χ0) is 52.7. The Morgan fingerprint density at radius 2 is 0.590 bits per heavy atom. The van der Waals surface area contributed by atoms with Crippen LogP contribution in [0.4, 0.5) is 22.7 Å². The van der Waals surface area contributed by atoms with Crippen molar-refractivity contribution < 1.29 is 111 Å². The average molecular weight is 1270 g/mol. The van der Waals surface area contributed by atoms with Crippen molar-refractivity contribution in [1.82, 2.24) is 4.90 Å². The molecule has 0 fully saturated rings. The smallest absolute Gasteiger partial charge is 0.266 e. The van der Waals surface area contributed by atoms with Gasteiger partial charge in [0.05, 0.1) is 45.0 Å². The van der Waals surface area contributed by atoms with Crippen molar-refractivity contribution in [2.75, 3.05) is 26.6 Å². The van der Waals surface area contributed by atoms with Crippen LogP contribution in [0, 0.1) is 18.2 Å². The topological polar surface area (TPSA) is 205 Å². The van der Waals surface area contributed by atoms with Crippen LogP contribution in [-0.4, -0.2) is 71.0 Å². The van der Waals surface area contributed by atoms with Gasteiger partial charge in [0.15, 0.2) is 0 Å². The molecule has 5 aliphatic rings. The van der Waals surface area contributed by atoms with Crippen LogP contribution >= 0.6 is 0 Å². The third-order valence-corrected chi connectivity index (χ3v) is 13.1. The first kappa shape index (κ1) is 52.3. The Bertz CT molecular complexity index is 3930. The minimum atomic E-state index is -0.742. The summed E-state index contributed by atoms with van der Waals surface area (Å²) in [4.78, 5) is 135. The summed E-state index contributed by atoms with van der Waals surface area (Å²) in [7, 11) is 1.48. The van der Waals surface area contributed by atoms with E-state index in [0.717, 1.165) is 24.5 Å². The first-order valence-corrected chi connectivity index (χ1v) is 23.1. The Hall–Kier alpha value is -9.15. The molecule has 5 aliphatic heterocycles. The molecule has 0 saturated heterocycles. The minimum Gasteiger partial charge on any atom is -0.457 e. The first-order valence-electron chi connectivity index (χ1n) is 23.1. The second-order valence-corrected chi connectivity index (χ2v) is 17.5. The van der Waals surface area contributed by atoms with E-state index in [4.69, 9.17) is 9.47 Å². The second kappa shape index (κ2) is 20.4. The number of benzene rings is 8. The van der Waals surface area contributed by atoms with Gasteiger partial charge in [-0.1, -0.05) is 51.6 Å². The van der Waals surface area contributed by atoms with Gasteiger partial charge in [-0.2, -0.15) is 72.8 Å². The molecule has 19 heteroatoms. The molecule has 0 bridgehead atoms. The standard InChI is InChI=1S/C50H24N4O10.C9H6NO2.W.Y/c55-43-35-14-1-2-15-36(35)44(56)51(43)27-8-5-10-31(22-27)63-33-12-7-13-34(26-33)64-32-11-6-9-28(23-32)52-47(59)39-21-19-30(25-41(39)49(52)61)54-48(60)40-20-18-29(24-42(40)50(54)62)53-45(57)37-16-3-4-17-38(37)46(53)58;1-10-8(11)6-4-2-3-5-7(6)9(10)12;;/h1,3,5-26H;2,4-5H,1H3;;/q-2;-1;;. The molecule has 0 N–H and O–H groups in total. The predicted octanol–water partition coefficient (Wildman–Crippen LogP) is 8.78. The van der Waals surface area contributed by atoms with Gasteiger partial charge in [0.2, 0.25) is 35.4 Å². The minimum absolute atomic E-state index is 0. The maximum absolute atomic E-state index is 13.9. The van der Waals surface area contributed by atoms with Gasteiger partial charge in [-0.15, -0.1) is 0 Å². The summed E-state index contributed by atoms with van der Waals surface area (Å²) in [5.74, 6) is -3.95. The number of carbonyl (C=O) groups is 10. The summed E-state index contributed by atoms with van der Waals surface area (Å²) in [5.41, 5.74) is 2.53. The number of anilines is 4. The first-order chi connectivity index (χ1) is 36.8. The van der Waals surface area contributed by atoms with Crippen LogP contribution in [0.2, 0.25) is 0 Å². The summed E-state index contributed by atoms with van der Waals surface area (Å²) in [6.07, 6.45) is 0. The summed E-state index contributed by atoms with van der Waals surface area (Å²) >= 11 is 0. The van der Waals surface area contributed by atoms with Crippen LogP contribution in [0.1, 0.15) is 104 Å². The van der Waals surface area contributed by atoms with Crippen LogP contribution in [0.5, 0.6) is 23.0 Å². The van der Waals surface area contributed by atoms with Crippen LogP contribution in [0.25, 0.3) is 0 Å². The molecule has 17 nitrogen and oxygen atoms in total. The molecule has 0 saturated carbocycles. The third-order valence-electron chi connectivity index (χ3n) is 13.1. The summed E-state index contributed by atoms with van der Waals surface area (Å²) in [6.45, 7) is 0. The summed E-state index contributed by atoms with van der Waals surface area (Å²) < 4.78 is 12.2. The van der Waals surface area contributed by atoms with E-state index in [1.807, 2.05) is 0 Å². The number of carbonyl (C=O) groups excluding carboxylic acids is 10. The zero-order valence-corrected chi connectivity index (χ0v) is 46.0.